The Labute approximate surface area is 184 Å². The number of aliphatic hydroxyl groups is 3. The summed E-state index contributed by atoms with van der Waals surface area (Å²) in [6.07, 6.45) is 13.9. The summed E-state index contributed by atoms with van der Waals surface area (Å²) in [7, 11) is 0. The Morgan fingerprint density at radius 1 is 1.23 bits per heavy atom. The summed E-state index contributed by atoms with van der Waals surface area (Å²) in [6, 6.07) is 0. The molecule has 0 heterocycles. The maximum Gasteiger partial charge on any atom is 0.0811 e. The van der Waals surface area contributed by atoms with E-state index in [2.05, 4.69) is 32.6 Å². The first-order chi connectivity index (χ1) is 14.0. The molecule has 0 aromatic carbocycles. The van der Waals surface area contributed by atoms with E-state index in [4.69, 9.17) is 0 Å². The van der Waals surface area contributed by atoms with Gasteiger partial charge in [0.15, 0.2) is 0 Å². The van der Waals surface area contributed by atoms with Crippen LogP contribution in [-0.4, -0.2) is 33.1 Å². The first kappa shape index (κ1) is 23.8. The van der Waals surface area contributed by atoms with Gasteiger partial charge >= 0.3 is 0 Å². The van der Waals surface area contributed by atoms with E-state index in [0.29, 0.717) is 30.1 Å². The predicted octanol–water partition coefficient (Wildman–Crippen LogP) is 5.70. The molecule has 0 aromatic rings. The molecular weight excluding hydrogens is 372 g/mol. The minimum Gasteiger partial charge on any atom is -0.393 e. The minimum atomic E-state index is -0.615. The zero-order valence-corrected chi connectivity index (χ0v) is 19.7. The smallest absolute Gasteiger partial charge is 0.0811 e. The fourth-order valence-electron chi connectivity index (χ4n) is 6.74. The molecule has 170 valence electrons. The van der Waals surface area contributed by atoms with Crippen LogP contribution in [-0.2, 0) is 0 Å². The van der Waals surface area contributed by atoms with Crippen molar-refractivity contribution in [2.45, 2.75) is 110 Å². The zero-order valence-electron chi connectivity index (χ0n) is 19.7. The van der Waals surface area contributed by atoms with E-state index in [1.165, 1.54) is 38.5 Å². The van der Waals surface area contributed by atoms with Gasteiger partial charge in [0.25, 0.3) is 0 Å². The Bertz CT molecular complexity index is 683. The Kier molecular flexibility index (Phi) is 7.37. The average Bonchev–Trinajstić information content (AvgIpc) is 3.00. The van der Waals surface area contributed by atoms with Crippen LogP contribution in [0.5, 0.6) is 0 Å². The third-order valence-corrected chi connectivity index (χ3v) is 8.44. The molecule has 30 heavy (non-hydrogen) atoms. The summed E-state index contributed by atoms with van der Waals surface area (Å²) >= 11 is 0. The summed E-state index contributed by atoms with van der Waals surface area (Å²) in [5, 5.41) is 30.2. The molecule has 0 amide bonds. The first-order valence-corrected chi connectivity index (χ1v) is 12.2. The van der Waals surface area contributed by atoms with Crippen molar-refractivity contribution in [2.75, 3.05) is 0 Å². The van der Waals surface area contributed by atoms with Crippen LogP contribution in [0.4, 0.5) is 0 Å². The van der Waals surface area contributed by atoms with Gasteiger partial charge in [-0.25, -0.2) is 0 Å². The lowest BCUT2D eigenvalue weighted by atomic mass is 9.60. The van der Waals surface area contributed by atoms with Crippen LogP contribution < -0.4 is 0 Å². The van der Waals surface area contributed by atoms with E-state index in [1.54, 1.807) is 5.57 Å². The standard InChI is InChI=1S/C27H44O3/c1-18(8-6-14-26(3,4)30)23-12-13-24-20(9-7-15-27(23,24)5)10-11-21-16-22(28)17-25(29)19(21)2/h10-11,18,22-25,28-30H,2,6-9,12-17H2,1,3-5H3/t18-,22-,23?,24?,25+,27-/m1/s1. The average molecular weight is 417 g/mol. The van der Waals surface area contributed by atoms with Gasteiger partial charge in [-0.3, -0.25) is 0 Å². The van der Waals surface area contributed by atoms with Crippen molar-refractivity contribution < 1.29 is 15.3 Å². The highest BCUT2D eigenvalue weighted by atomic mass is 16.3. The molecule has 3 aliphatic rings. The van der Waals surface area contributed by atoms with Crippen molar-refractivity contribution in [1.29, 1.82) is 0 Å². The number of hydrogen-bond acceptors (Lipinski definition) is 3. The molecule has 0 saturated heterocycles. The summed E-state index contributed by atoms with van der Waals surface area (Å²) in [6.45, 7) is 12.8. The van der Waals surface area contributed by atoms with Crippen molar-refractivity contribution >= 4 is 0 Å². The van der Waals surface area contributed by atoms with E-state index < -0.39 is 17.8 Å². The van der Waals surface area contributed by atoms with Crippen molar-refractivity contribution in [3.8, 4) is 0 Å². The third-order valence-electron chi connectivity index (χ3n) is 8.44. The molecule has 3 rings (SSSR count). The van der Waals surface area contributed by atoms with E-state index in [-0.39, 0.29) is 0 Å². The number of allylic oxidation sites excluding steroid dienone is 3. The molecule has 0 aliphatic heterocycles. The number of aliphatic hydroxyl groups excluding tert-OH is 2. The topological polar surface area (TPSA) is 60.7 Å². The molecule has 0 aromatic heterocycles. The lowest BCUT2D eigenvalue weighted by Gasteiger charge is -2.44. The van der Waals surface area contributed by atoms with Gasteiger partial charge in [0.2, 0.25) is 0 Å². The lowest BCUT2D eigenvalue weighted by molar-refractivity contribution is 0.0596. The van der Waals surface area contributed by atoms with Gasteiger partial charge in [-0.05, 0) is 93.1 Å². The molecule has 3 nitrogen and oxygen atoms in total. The van der Waals surface area contributed by atoms with Crippen molar-refractivity contribution in [2.24, 2.45) is 23.2 Å². The molecule has 3 saturated carbocycles. The summed E-state index contributed by atoms with van der Waals surface area (Å²) in [5.41, 5.74) is 3.17. The van der Waals surface area contributed by atoms with Crippen LogP contribution in [0.3, 0.4) is 0 Å². The van der Waals surface area contributed by atoms with Crippen molar-refractivity contribution in [3.05, 3.63) is 35.5 Å². The third kappa shape index (κ3) is 5.29. The van der Waals surface area contributed by atoms with Crippen LogP contribution in [0.1, 0.15) is 91.9 Å². The monoisotopic (exact) mass is 416 g/mol. The van der Waals surface area contributed by atoms with Gasteiger partial charge in [-0.1, -0.05) is 51.0 Å². The van der Waals surface area contributed by atoms with E-state index in [9.17, 15) is 15.3 Å². The molecule has 3 heteroatoms. The molecular formula is C27H44O3. The molecule has 0 spiro atoms. The van der Waals surface area contributed by atoms with Crippen LogP contribution in [0.2, 0.25) is 0 Å². The Hall–Kier alpha value is -0.900. The quantitative estimate of drug-likeness (QED) is 0.520. The van der Waals surface area contributed by atoms with Crippen molar-refractivity contribution in [3.63, 3.8) is 0 Å². The van der Waals surface area contributed by atoms with Gasteiger partial charge in [0, 0.05) is 6.42 Å². The van der Waals surface area contributed by atoms with E-state index in [1.807, 2.05) is 13.8 Å². The second kappa shape index (κ2) is 9.30. The zero-order chi connectivity index (χ0) is 22.1. The molecule has 3 fully saturated rings. The second-order valence-electron chi connectivity index (χ2n) is 11.3. The molecule has 3 aliphatic carbocycles. The maximum absolute atomic E-state index is 10.1. The van der Waals surface area contributed by atoms with E-state index in [0.717, 1.165) is 29.9 Å². The van der Waals surface area contributed by atoms with Crippen LogP contribution in [0.25, 0.3) is 0 Å². The Morgan fingerprint density at radius 3 is 2.67 bits per heavy atom. The van der Waals surface area contributed by atoms with Gasteiger partial charge in [0.05, 0.1) is 17.8 Å². The second-order valence-corrected chi connectivity index (χ2v) is 11.3. The SMILES string of the molecule is C=C1C(=CC=C2CCC[C@@]3(C)C2CCC3[C@H](C)CCCC(C)(C)O)C[C@@H](O)C[C@@H]1O. The summed E-state index contributed by atoms with van der Waals surface area (Å²) < 4.78 is 0. The molecule has 0 bridgehead atoms. The Balaban J connectivity index is 1.70. The highest BCUT2D eigenvalue weighted by Crippen LogP contribution is 2.60. The first-order valence-electron chi connectivity index (χ1n) is 12.2. The number of hydrogen-bond donors (Lipinski definition) is 3. The van der Waals surface area contributed by atoms with Gasteiger partial charge in [-0.15, -0.1) is 0 Å². The largest absolute Gasteiger partial charge is 0.393 e. The highest BCUT2D eigenvalue weighted by Gasteiger charge is 2.50. The molecule has 6 atom stereocenters. The fraction of sp³-hybridized carbons (Fsp3) is 0.778. The fourth-order valence-corrected chi connectivity index (χ4v) is 6.74. The highest BCUT2D eigenvalue weighted by molar-refractivity contribution is 5.38. The minimum absolute atomic E-state index is 0.374. The maximum atomic E-state index is 10.1. The van der Waals surface area contributed by atoms with Crippen LogP contribution in [0, 0.1) is 23.2 Å². The van der Waals surface area contributed by atoms with E-state index >= 15 is 0 Å². The summed E-state index contributed by atoms with van der Waals surface area (Å²) in [5.74, 6) is 2.11. The molecule has 0 radical (unpaired) electrons. The predicted molar refractivity (Wildman–Crippen MR) is 124 cm³/mol. The molecule has 3 N–H and O–H groups in total. The van der Waals surface area contributed by atoms with Gasteiger partial charge < -0.3 is 15.3 Å². The lowest BCUT2D eigenvalue weighted by Crippen LogP contribution is -2.36. The van der Waals surface area contributed by atoms with Gasteiger partial charge in [-0.2, -0.15) is 0 Å². The van der Waals surface area contributed by atoms with Crippen LogP contribution in [0.15, 0.2) is 35.5 Å². The number of rotatable bonds is 6. The number of fused-ring (bicyclic) bond motifs is 1. The Morgan fingerprint density at radius 2 is 1.97 bits per heavy atom. The van der Waals surface area contributed by atoms with Crippen LogP contribution >= 0.6 is 0 Å². The normalized spacial score (nSPS) is 38.8. The molecule has 2 unspecified atom stereocenters. The van der Waals surface area contributed by atoms with Crippen molar-refractivity contribution in [1.82, 2.24) is 0 Å². The summed E-state index contributed by atoms with van der Waals surface area (Å²) in [4.78, 5) is 0. The van der Waals surface area contributed by atoms with Gasteiger partial charge in [0.1, 0.15) is 0 Å².